The molecule has 0 spiro atoms. The number of amides is 1. The summed E-state index contributed by atoms with van der Waals surface area (Å²) in [5.74, 6) is 1.35. The first-order valence-electron chi connectivity index (χ1n) is 11.2. The number of nitrogens with one attached hydrogen (secondary N) is 2. The number of hydrogen-bond donors (Lipinski definition) is 2. The van der Waals surface area contributed by atoms with Crippen LogP contribution >= 0.6 is 0 Å². The highest BCUT2D eigenvalue weighted by Crippen LogP contribution is 2.30. The fourth-order valence-electron chi connectivity index (χ4n) is 3.98. The molecule has 170 valence electrons. The Kier molecular flexibility index (Phi) is 6.12. The summed E-state index contributed by atoms with van der Waals surface area (Å²) in [5.41, 5.74) is 6.50. The number of nitrogens with zero attached hydrogens (tertiary/aromatic N) is 1. The van der Waals surface area contributed by atoms with Crippen LogP contribution in [-0.2, 0) is 13.0 Å². The molecule has 6 nitrogen and oxygen atoms in total. The van der Waals surface area contributed by atoms with Crippen LogP contribution in [0.5, 0.6) is 11.5 Å². The topological polar surface area (TPSA) is 76.2 Å². The van der Waals surface area contributed by atoms with E-state index in [4.69, 9.17) is 9.47 Å². The summed E-state index contributed by atoms with van der Waals surface area (Å²) >= 11 is 0. The number of H-pyrrole nitrogens is 1. The Balaban J connectivity index is 1.32. The molecule has 0 bridgehead atoms. The van der Waals surface area contributed by atoms with Crippen LogP contribution in [0.3, 0.4) is 0 Å². The molecule has 6 heteroatoms. The molecule has 0 unspecified atom stereocenters. The first-order valence-corrected chi connectivity index (χ1v) is 11.2. The molecule has 0 saturated heterocycles. The van der Waals surface area contributed by atoms with Crippen molar-refractivity contribution in [2.24, 2.45) is 0 Å². The molecule has 0 fully saturated rings. The fraction of sp³-hybridized carbons (Fsp3) is 0.143. The van der Waals surface area contributed by atoms with Gasteiger partial charge in [-0.1, -0.05) is 42.5 Å². The maximum absolute atomic E-state index is 12.1. The van der Waals surface area contributed by atoms with Crippen molar-refractivity contribution in [3.05, 3.63) is 101 Å². The van der Waals surface area contributed by atoms with E-state index in [-0.39, 0.29) is 5.91 Å². The van der Waals surface area contributed by atoms with Gasteiger partial charge in [-0.25, -0.2) is 0 Å². The number of ether oxygens (including phenoxy) is 2. The van der Waals surface area contributed by atoms with Crippen molar-refractivity contribution in [2.45, 2.75) is 13.0 Å². The lowest BCUT2D eigenvalue weighted by atomic mass is 10.1. The van der Waals surface area contributed by atoms with Crippen molar-refractivity contribution in [3.63, 3.8) is 0 Å². The van der Waals surface area contributed by atoms with Crippen molar-refractivity contribution in [1.29, 1.82) is 0 Å². The number of rotatable bonds is 7. The maximum Gasteiger partial charge on any atom is 0.253 e. The van der Waals surface area contributed by atoms with Crippen LogP contribution in [0.25, 0.3) is 23.4 Å². The van der Waals surface area contributed by atoms with E-state index >= 15 is 0 Å². The number of benzene rings is 2. The third kappa shape index (κ3) is 4.71. The number of hydrogen-bond acceptors (Lipinski definition) is 4. The quantitative estimate of drug-likeness (QED) is 0.409. The highest BCUT2D eigenvalue weighted by molar-refractivity contribution is 5.97. The van der Waals surface area contributed by atoms with Crippen LogP contribution in [0, 0.1) is 0 Å². The van der Waals surface area contributed by atoms with Crippen molar-refractivity contribution < 1.29 is 14.3 Å². The molecule has 4 aromatic rings. The van der Waals surface area contributed by atoms with Gasteiger partial charge in [-0.15, -0.1) is 0 Å². The number of pyridine rings is 1. The van der Waals surface area contributed by atoms with E-state index in [0.29, 0.717) is 24.7 Å². The Morgan fingerprint density at radius 3 is 2.71 bits per heavy atom. The monoisotopic (exact) mass is 451 g/mol. The molecule has 3 heterocycles. The predicted molar refractivity (Wildman–Crippen MR) is 133 cm³/mol. The van der Waals surface area contributed by atoms with Gasteiger partial charge in [0.25, 0.3) is 5.91 Å². The largest absolute Gasteiger partial charge is 0.493 e. The number of aromatic nitrogens is 2. The number of carbonyl (C=O) groups excluding carboxylic acids is 1. The minimum absolute atomic E-state index is 0.0249. The van der Waals surface area contributed by atoms with Crippen molar-refractivity contribution in [2.75, 3.05) is 13.7 Å². The Labute approximate surface area is 198 Å². The van der Waals surface area contributed by atoms with E-state index in [1.54, 1.807) is 13.3 Å². The summed E-state index contributed by atoms with van der Waals surface area (Å²) in [4.78, 5) is 19.9. The highest BCUT2D eigenvalue weighted by Gasteiger charge is 2.19. The Bertz CT molecular complexity index is 1340. The number of methoxy groups -OCH3 is 1. The van der Waals surface area contributed by atoms with E-state index in [2.05, 4.69) is 15.3 Å². The third-order valence-electron chi connectivity index (χ3n) is 5.77. The van der Waals surface area contributed by atoms with Gasteiger partial charge >= 0.3 is 0 Å². The van der Waals surface area contributed by atoms with Crippen LogP contribution in [0.4, 0.5) is 0 Å². The smallest absolute Gasteiger partial charge is 0.253 e. The molecule has 34 heavy (non-hydrogen) atoms. The summed E-state index contributed by atoms with van der Waals surface area (Å²) < 4.78 is 11.5. The van der Waals surface area contributed by atoms with E-state index in [0.717, 1.165) is 45.8 Å². The minimum Gasteiger partial charge on any atom is -0.493 e. The predicted octanol–water partition coefficient (Wildman–Crippen LogP) is 5.12. The number of fused-ring (bicyclic) bond motifs is 1. The van der Waals surface area contributed by atoms with Crippen molar-refractivity contribution in [3.8, 4) is 22.8 Å². The molecule has 2 aromatic carbocycles. The number of aromatic amines is 1. The van der Waals surface area contributed by atoms with Gasteiger partial charge in [-0.3, -0.25) is 9.78 Å². The summed E-state index contributed by atoms with van der Waals surface area (Å²) in [6.45, 7) is 1.14. The normalized spacial score (nSPS) is 12.9. The van der Waals surface area contributed by atoms with Gasteiger partial charge < -0.3 is 19.8 Å². The maximum atomic E-state index is 12.1. The molecule has 2 N–H and O–H groups in total. The van der Waals surface area contributed by atoms with E-state index in [1.807, 2.05) is 78.9 Å². The number of carbonyl (C=O) groups is 1. The van der Waals surface area contributed by atoms with Gasteiger partial charge in [-0.05, 0) is 47.5 Å². The van der Waals surface area contributed by atoms with Crippen LogP contribution in [0.15, 0.2) is 72.9 Å². The second kappa shape index (κ2) is 9.67. The second-order valence-corrected chi connectivity index (χ2v) is 8.07. The molecule has 1 amide bonds. The average molecular weight is 452 g/mol. The average Bonchev–Trinajstić information content (AvgIpc) is 3.33. The lowest BCUT2D eigenvalue weighted by Crippen LogP contribution is -2.31. The molecule has 0 atom stereocenters. The zero-order valence-corrected chi connectivity index (χ0v) is 18.9. The molecular weight excluding hydrogens is 426 g/mol. The van der Waals surface area contributed by atoms with Gasteiger partial charge in [0.15, 0.2) is 11.5 Å². The van der Waals surface area contributed by atoms with Crippen LogP contribution < -0.4 is 14.8 Å². The Hall–Kier alpha value is -4.32. The zero-order valence-electron chi connectivity index (χ0n) is 18.9. The van der Waals surface area contributed by atoms with Crippen LogP contribution in [-0.4, -0.2) is 29.5 Å². The summed E-state index contributed by atoms with van der Waals surface area (Å²) in [6, 6.07) is 21.7. The molecule has 0 radical (unpaired) electrons. The fourth-order valence-corrected chi connectivity index (χ4v) is 3.98. The molecule has 0 saturated carbocycles. The molecule has 1 aliphatic heterocycles. The Morgan fingerprint density at radius 1 is 1.00 bits per heavy atom. The van der Waals surface area contributed by atoms with E-state index < -0.39 is 0 Å². The zero-order chi connectivity index (χ0) is 23.3. The summed E-state index contributed by atoms with van der Waals surface area (Å²) in [5, 5.41) is 2.88. The SMILES string of the molecule is COc1cc(C=Cc2cc(-c3cc4c([nH]3)CCNC4=O)ccn2)ccc1OCc1ccccc1. The summed E-state index contributed by atoms with van der Waals surface area (Å²) in [7, 11) is 1.64. The van der Waals surface area contributed by atoms with Gasteiger partial charge in [0.2, 0.25) is 0 Å². The van der Waals surface area contributed by atoms with Gasteiger partial charge in [0, 0.05) is 36.1 Å². The molecule has 0 aliphatic carbocycles. The highest BCUT2D eigenvalue weighted by atomic mass is 16.5. The molecule has 1 aliphatic rings. The lowest BCUT2D eigenvalue weighted by molar-refractivity contribution is 0.0946. The first-order chi connectivity index (χ1) is 16.7. The van der Waals surface area contributed by atoms with Crippen molar-refractivity contribution in [1.82, 2.24) is 15.3 Å². The van der Waals surface area contributed by atoms with Gasteiger partial charge in [-0.2, -0.15) is 0 Å². The standard InChI is InChI=1S/C28H25N3O3/c1-33-27-15-19(8-10-26(27)34-18-20-5-3-2-4-6-20)7-9-22-16-21(11-13-29-22)25-17-23-24(31-25)12-14-30-28(23)32/h2-11,13,15-17,31H,12,14,18H2,1H3,(H,30,32). The van der Waals surface area contributed by atoms with Crippen LogP contribution in [0.2, 0.25) is 0 Å². The van der Waals surface area contributed by atoms with Crippen molar-refractivity contribution >= 4 is 18.1 Å². The second-order valence-electron chi connectivity index (χ2n) is 8.07. The Morgan fingerprint density at radius 2 is 1.88 bits per heavy atom. The lowest BCUT2D eigenvalue weighted by Gasteiger charge is -2.11. The molecular formula is C28H25N3O3. The van der Waals surface area contributed by atoms with Gasteiger partial charge in [0.1, 0.15) is 6.61 Å². The summed E-state index contributed by atoms with van der Waals surface area (Å²) in [6.07, 6.45) is 6.53. The minimum atomic E-state index is -0.0249. The third-order valence-corrected chi connectivity index (χ3v) is 5.77. The van der Waals surface area contributed by atoms with Gasteiger partial charge in [0.05, 0.1) is 18.4 Å². The molecule has 2 aromatic heterocycles. The first kappa shape index (κ1) is 21.5. The molecule has 5 rings (SSSR count). The van der Waals surface area contributed by atoms with Crippen LogP contribution in [0.1, 0.15) is 32.9 Å². The van der Waals surface area contributed by atoms with E-state index in [1.165, 1.54) is 0 Å². The van der Waals surface area contributed by atoms with E-state index in [9.17, 15) is 4.79 Å².